The molecule has 0 saturated carbocycles. The number of anilines is 1. The molecule has 0 bridgehead atoms. The first kappa shape index (κ1) is 26.3. The van der Waals surface area contributed by atoms with Crippen LogP contribution in [0.15, 0.2) is 65.6 Å². The van der Waals surface area contributed by atoms with E-state index in [1.807, 2.05) is 38.1 Å². The van der Waals surface area contributed by atoms with Crippen LogP contribution in [0.3, 0.4) is 0 Å². The Morgan fingerprint density at radius 1 is 0.895 bits per heavy atom. The van der Waals surface area contributed by atoms with Gasteiger partial charge >= 0.3 is 0 Å². The monoisotopic (exact) mass is 555 g/mol. The number of rotatable bonds is 7. The Morgan fingerprint density at radius 3 is 2.32 bits per heavy atom. The van der Waals surface area contributed by atoms with Gasteiger partial charge in [0.05, 0.1) is 10.6 Å². The lowest BCUT2D eigenvalue weighted by Crippen LogP contribution is -2.51. The first-order valence-corrected chi connectivity index (χ1v) is 14.3. The highest BCUT2D eigenvalue weighted by Crippen LogP contribution is 2.33. The van der Waals surface area contributed by atoms with E-state index in [0.29, 0.717) is 36.9 Å². The third-order valence-electron chi connectivity index (χ3n) is 7.03. The van der Waals surface area contributed by atoms with E-state index in [4.69, 9.17) is 21.1 Å². The summed E-state index contributed by atoms with van der Waals surface area (Å²) in [6, 6.07) is 17.3. The van der Waals surface area contributed by atoms with Gasteiger partial charge in [0.2, 0.25) is 12.7 Å². The van der Waals surface area contributed by atoms with E-state index in [1.54, 1.807) is 17.0 Å². The van der Waals surface area contributed by atoms with E-state index in [2.05, 4.69) is 4.90 Å². The van der Waals surface area contributed by atoms with Gasteiger partial charge < -0.3 is 14.4 Å². The molecule has 0 radical (unpaired) electrons. The number of aryl methyl sites for hydroxylation is 2. The molecule has 3 aromatic rings. The summed E-state index contributed by atoms with van der Waals surface area (Å²) in [4.78, 5) is 17.5. The zero-order valence-corrected chi connectivity index (χ0v) is 23.0. The molecule has 0 unspecified atom stereocenters. The molecule has 1 saturated heterocycles. The summed E-state index contributed by atoms with van der Waals surface area (Å²) >= 11 is 5.99. The molecule has 0 N–H and O–H groups in total. The fourth-order valence-electron chi connectivity index (χ4n) is 4.61. The lowest BCUT2D eigenvalue weighted by molar-refractivity contribution is -0.131. The molecule has 3 aromatic carbocycles. The van der Waals surface area contributed by atoms with Crippen molar-refractivity contribution in [2.75, 3.05) is 43.8 Å². The van der Waals surface area contributed by atoms with Crippen LogP contribution in [0.4, 0.5) is 5.69 Å². The van der Waals surface area contributed by atoms with Crippen molar-refractivity contribution < 1.29 is 22.7 Å². The Bertz CT molecular complexity index is 1440. The predicted molar refractivity (Wildman–Crippen MR) is 146 cm³/mol. The highest BCUT2D eigenvalue weighted by atomic mass is 35.5. The second-order valence-electron chi connectivity index (χ2n) is 9.58. The van der Waals surface area contributed by atoms with Gasteiger partial charge in [0.25, 0.3) is 10.0 Å². The van der Waals surface area contributed by atoms with E-state index < -0.39 is 10.0 Å². The molecule has 5 rings (SSSR count). The number of hydrogen-bond donors (Lipinski definition) is 0. The van der Waals surface area contributed by atoms with Crippen LogP contribution in [-0.4, -0.2) is 63.6 Å². The van der Waals surface area contributed by atoms with Crippen molar-refractivity contribution in [3.05, 3.63) is 82.4 Å². The average molecular weight is 556 g/mol. The molecule has 8 nitrogen and oxygen atoms in total. The molecule has 1 amide bonds. The molecule has 0 aliphatic carbocycles. The first-order chi connectivity index (χ1) is 18.2. The van der Waals surface area contributed by atoms with Crippen LogP contribution in [-0.2, 0) is 21.4 Å². The van der Waals surface area contributed by atoms with Gasteiger partial charge in [0, 0.05) is 37.7 Å². The Morgan fingerprint density at radius 2 is 1.61 bits per heavy atom. The van der Waals surface area contributed by atoms with Crippen LogP contribution in [0.2, 0.25) is 5.02 Å². The maximum absolute atomic E-state index is 13.7. The van der Waals surface area contributed by atoms with Gasteiger partial charge in [-0.2, -0.15) is 0 Å². The minimum absolute atomic E-state index is 0.0847. The summed E-state index contributed by atoms with van der Waals surface area (Å²) in [6.45, 7) is 7.00. The zero-order valence-electron chi connectivity index (χ0n) is 21.4. The largest absolute Gasteiger partial charge is 0.454 e. The number of halogens is 1. The minimum Gasteiger partial charge on any atom is -0.454 e. The van der Waals surface area contributed by atoms with Crippen molar-refractivity contribution in [1.29, 1.82) is 0 Å². The van der Waals surface area contributed by atoms with Crippen molar-refractivity contribution in [2.24, 2.45) is 0 Å². The van der Waals surface area contributed by atoms with Gasteiger partial charge in [-0.3, -0.25) is 14.0 Å². The van der Waals surface area contributed by atoms with Crippen molar-refractivity contribution in [3.63, 3.8) is 0 Å². The van der Waals surface area contributed by atoms with Crippen molar-refractivity contribution >= 4 is 33.2 Å². The maximum atomic E-state index is 13.7. The van der Waals surface area contributed by atoms with Crippen LogP contribution in [0.5, 0.6) is 11.5 Å². The highest BCUT2D eigenvalue weighted by Gasteiger charge is 2.30. The van der Waals surface area contributed by atoms with E-state index in [-0.39, 0.29) is 24.1 Å². The quantitative estimate of drug-likeness (QED) is 0.434. The second kappa shape index (κ2) is 10.8. The molecule has 10 heteroatoms. The van der Waals surface area contributed by atoms with E-state index in [1.165, 1.54) is 28.6 Å². The topological polar surface area (TPSA) is 79.4 Å². The molecule has 0 aromatic heterocycles. The predicted octanol–water partition coefficient (Wildman–Crippen LogP) is 4.23. The number of benzene rings is 3. The standard InChI is InChI=1S/C28H30ClN3O5S/c1-20-3-7-24(15-21(20)2)32(38(34,35)25-8-5-23(29)6-9-25)18-28(33)31-13-11-30(12-14-31)17-22-4-10-26-27(16-22)37-19-36-26/h3-10,15-16H,11-14,17-19H2,1-2H3. The van der Waals surface area contributed by atoms with Gasteiger partial charge in [-0.15, -0.1) is 0 Å². The van der Waals surface area contributed by atoms with Gasteiger partial charge in [-0.05, 0) is 79.1 Å². The minimum atomic E-state index is -4.00. The Balaban J connectivity index is 1.29. The first-order valence-electron chi connectivity index (χ1n) is 12.4. The molecule has 2 heterocycles. The van der Waals surface area contributed by atoms with Crippen LogP contribution in [0, 0.1) is 13.8 Å². The molecule has 0 atom stereocenters. The number of carbonyl (C=O) groups is 1. The molecule has 0 spiro atoms. The maximum Gasteiger partial charge on any atom is 0.264 e. The van der Waals surface area contributed by atoms with E-state index in [0.717, 1.165) is 34.7 Å². The van der Waals surface area contributed by atoms with E-state index >= 15 is 0 Å². The summed E-state index contributed by atoms with van der Waals surface area (Å²) in [6.07, 6.45) is 0. The van der Waals surface area contributed by atoms with Crippen molar-refractivity contribution in [3.8, 4) is 11.5 Å². The van der Waals surface area contributed by atoms with Gasteiger partial charge in [0.15, 0.2) is 11.5 Å². The second-order valence-corrected chi connectivity index (χ2v) is 11.9. The van der Waals surface area contributed by atoms with Crippen LogP contribution < -0.4 is 13.8 Å². The van der Waals surface area contributed by atoms with E-state index in [9.17, 15) is 13.2 Å². The van der Waals surface area contributed by atoms with Crippen LogP contribution in [0.25, 0.3) is 0 Å². The molecule has 2 aliphatic heterocycles. The fraction of sp³-hybridized carbons (Fsp3) is 0.321. The smallest absolute Gasteiger partial charge is 0.264 e. The number of nitrogens with zero attached hydrogens (tertiary/aromatic N) is 3. The van der Waals surface area contributed by atoms with Crippen molar-refractivity contribution in [1.82, 2.24) is 9.80 Å². The number of sulfonamides is 1. The zero-order chi connectivity index (χ0) is 26.9. The van der Waals surface area contributed by atoms with Crippen LogP contribution in [0.1, 0.15) is 16.7 Å². The summed E-state index contributed by atoms with van der Waals surface area (Å²) in [7, 11) is -4.00. The third-order valence-corrected chi connectivity index (χ3v) is 9.07. The molecule has 1 fully saturated rings. The summed E-state index contributed by atoms with van der Waals surface area (Å²) in [5, 5.41) is 0.441. The molecule has 200 valence electrons. The number of hydrogen-bond acceptors (Lipinski definition) is 6. The Hall–Kier alpha value is -3.27. The van der Waals surface area contributed by atoms with Crippen molar-refractivity contribution in [2.45, 2.75) is 25.3 Å². The number of ether oxygens (including phenoxy) is 2. The summed E-state index contributed by atoms with van der Waals surface area (Å²) in [5.74, 6) is 1.28. The molecular formula is C28H30ClN3O5S. The Labute approximate surface area is 228 Å². The number of piperazine rings is 1. The number of carbonyl (C=O) groups excluding carboxylic acids is 1. The number of amides is 1. The van der Waals surface area contributed by atoms with Crippen LogP contribution >= 0.6 is 11.6 Å². The SMILES string of the molecule is Cc1ccc(N(CC(=O)N2CCN(Cc3ccc4c(c3)OCO4)CC2)S(=O)(=O)c2ccc(Cl)cc2)cc1C. The molecule has 2 aliphatic rings. The third kappa shape index (κ3) is 5.60. The Kier molecular flexibility index (Phi) is 7.52. The fourth-order valence-corrected chi connectivity index (χ4v) is 6.14. The lowest BCUT2D eigenvalue weighted by Gasteiger charge is -2.36. The summed E-state index contributed by atoms with van der Waals surface area (Å²) in [5.41, 5.74) is 3.56. The number of fused-ring (bicyclic) bond motifs is 1. The van der Waals surface area contributed by atoms with Gasteiger partial charge in [-0.1, -0.05) is 23.7 Å². The molecule has 38 heavy (non-hydrogen) atoms. The average Bonchev–Trinajstić information content (AvgIpc) is 3.37. The molecular weight excluding hydrogens is 526 g/mol. The highest BCUT2D eigenvalue weighted by molar-refractivity contribution is 7.92. The van der Waals surface area contributed by atoms with Gasteiger partial charge in [0.1, 0.15) is 6.54 Å². The summed E-state index contributed by atoms with van der Waals surface area (Å²) < 4.78 is 39.4. The lowest BCUT2D eigenvalue weighted by atomic mass is 10.1. The normalized spacial score (nSPS) is 15.5. The van der Waals surface area contributed by atoms with Gasteiger partial charge in [-0.25, -0.2) is 8.42 Å².